The van der Waals surface area contributed by atoms with Crippen LogP contribution in [0.1, 0.15) is 37.6 Å². The van der Waals surface area contributed by atoms with Gasteiger partial charge in [-0.15, -0.1) is 0 Å². The van der Waals surface area contributed by atoms with Gasteiger partial charge in [0.15, 0.2) is 5.11 Å². The topological polar surface area (TPSA) is 50.4 Å². The lowest BCUT2D eigenvalue weighted by atomic mass is 10.2. The molecule has 0 heterocycles. The number of anilines is 1. The molecule has 0 amide bonds. The molecule has 0 saturated heterocycles. The second-order valence-electron chi connectivity index (χ2n) is 4.32. The minimum Gasteiger partial charge on any atom is -0.462 e. The van der Waals surface area contributed by atoms with Crippen LogP contribution in [0.2, 0.25) is 5.02 Å². The average Bonchev–Trinajstić information content (AvgIpc) is 2.38. The highest BCUT2D eigenvalue weighted by Crippen LogP contribution is 2.21. The van der Waals surface area contributed by atoms with Crippen LogP contribution in [0.5, 0.6) is 0 Å². The third-order valence-electron chi connectivity index (χ3n) is 2.71. The zero-order valence-corrected chi connectivity index (χ0v) is 13.4. The molecule has 1 atom stereocenters. The molecule has 0 fully saturated rings. The van der Waals surface area contributed by atoms with Crippen molar-refractivity contribution < 1.29 is 9.53 Å². The van der Waals surface area contributed by atoms with Crippen molar-refractivity contribution in [3.05, 3.63) is 28.8 Å². The van der Waals surface area contributed by atoms with Gasteiger partial charge in [0, 0.05) is 11.7 Å². The Kier molecular flexibility index (Phi) is 6.75. The molecule has 0 unspecified atom stereocenters. The zero-order valence-electron chi connectivity index (χ0n) is 11.8. The number of thiocarbonyl (C=S) groups is 1. The van der Waals surface area contributed by atoms with Gasteiger partial charge in [-0.1, -0.05) is 18.5 Å². The first-order valence-corrected chi connectivity index (χ1v) is 7.30. The molecule has 4 nitrogen and oxygen atoms in total. The number of rotatable bonds is 5. The highest BCUT2D eigenvalue weighted by molar-refractivity contribution is 7.80. The van der Waals surface area contributed by atoms with E-state index in [-0.39, 0.29) is 0 Å². The molecular weight excluding hydrogens is 296 g/mol. The minimum atomic E-state index is -0.427. The van der Waals surface area contributed by atoms with E-state index in [9.17, 15) is 4.79 Å². The fraction of sp³-hybridized carbons (Fsp3) is 0.429. The standard InChI is InChI=1S/C14H19ClN2O2S/c1-4-9(3)16-14(20)17-10-6-7-11(12(15)8-10)13(18)19-5-2/h6-9H,4-5H2,1-3H3,(H2,16,17,20)/t9-/m1/s1. The van der Waals surface area contributed by atoms with Crippen LogP contribution in [0.4, 0.5) is 5.69 Å². The summed E-state index contributed by atoms with van der Waals surface area (Å²) in [7, 11) is 0. The van der Waals surface area contributed by atoms with Crippen molar-refractivity contribution >= 4 is 40.6 Å². The molecule has 2 N–H and O–H groups in total. The van der Waals surface area contributed by atoms with Gasteiger partial charge in [0.1, 0.15) is 0 Å². The Morgan fingerprint density at radius 3 is 2.70 bits per heavy atom. The van der Waals surface area contributed by atoms with Gasteiger partial charge in [-0.3, -0.25) is 0 Å². The number of nitrogens with one attached hydrogen (secondary N) is 2. The summed E-state index contributed by atoms with van der Waals surface area (Å²) in [6.07, 6.45) is 0.977. The van der Waals surface area contributed by atoms with Crippen LogP contribution >= 0.6 is 23.8 Å². The fourth-order valence-electron chi connectivity index (χ4n) is 1.46. The summed E-state index contributed by atoms with van der Waals surface area (Å²) in [5, 5.41) is 7.03. The molecule has 0 radical (unpaired) electrons. The molecule has 0 aliphatic heterocycles. The molecule has 0 aliphatic rings. The molecule has 110 valence electrons. The predicted molar refractivity (Wildman–Crippen MR) is 86.5 cm³/mol. The Morgan fingerprint density at radius 1 is 1.45 bits per heavy atom. The Balaban J connectivity index is 2.72. The summed E-state index contributed by atoms with van der Waals surface area (Å²) in [6, 6.07) is 5.31. The molecule has 1 aromatic rings. The summed E-state index contributed by atoms with van der Waals surface area (Å²) in [5.41, 5.74) is 1.07. The van der Waals surface area contributed by atoms with Crippen LogP contribution in [0.15, 0.2) is 18.2 Å². The molecule has 1 rings (SSSR count). The first-order valence-electron chi connectivity index (χ1n) is 6.52. The van der Waals surface area contributed by atoms with Gasteiger partial charge in [-0.05, 0) is 50.7 Å². The van der Waals surface area contributed by atoms with Crippen molar-refractivity contribution in [2.75, 3.05) is 11.9 Å². The van der Waals surface area contributed by atoms with Crippen molar-refractivity contribution in [3.8, 4) is 0 Å². The van der Waals surface area contributed by atoms with E-state index in [2.05, 4.69) is 17.6 Å². The number of carbonyl (C=O) groups is 1. The summed E-state index contributed by atoms with van der Waals surface area (Å²) in [4.78, 5) is 11.6. The molecule has 0 bridgehead atoms. The lowest BCUT2D eigenvalue weighted by molar-refractivity contribution is 0.0526. The minimum absolute atomic E-state index is 0.296. The number of carbonyl (C=O) groups excluding carboxylic acids is 1. The summed E-state index contributed by atoms with van der Waals surface area (Å²) < 4.78 is 4.91. The molecule has 0 spiro atoms. The number of hydrogen-bond donors (Lipinski definition) is 2. The number of hydrogen-bond acceptors (Lipinski definition) is 3. The van der Waals surface area contributed by atoms with E-state index < -0.39 is 5.97 Å². The van der Waals surface area contributed by atoms with Gasteiger partial charge in [0.05, 0.1) is 17.2 Å². The molecular formula is C14H19ClN2O2S. The number of ether oxygens (including phenoxy) is 1. The van der Waals surface area contributed by atoms with E-state index in [0.717, 1.165) is 12.1 Å². The Morgan fingerprint density at radius 2 is 2.15 bits per heavy atom. The summed E-state index contributed by atoms with van der Waals surface area (Å²) in [6.45, 7) is 6.19. The predicted octanol–water partition coefficient (Wildman–Crippen LogP) is 3.60. The number of benzene rings is 1. The molecule has 6 heteroatoms. The summed E-state index contributed by atoms with van der Waals surface area (Å²) >= 11 is 11.3. The van der Waals surface area contributed by atoms with Crippen molar-refractivity contribution in [3.63, 3.8) is 0 Å². The second kappa shape index (κ2) is 8.07. The van der Waals surface area contributed by atoms with Crippen LogP contribution in [-0.4, -0.2) is 23.7 Å². The van der Waals surface area contributed by atoms with E-state index in [1.165, 1.54) is 0 Å². The Bertz CT molecular complexity index is 494. The highest BCUT2D eigenvalue weighted by Gasteiger charge is 2.12. The summed E-state index contributed by atoms with van der Waals surface area (Å²) in [5.74, 6) is -0.427. The van der Waals surface area contributed by atoms with E-state index in [0.29, 0.717) is 28.3 Å². The van der Waals surface area contributed by atoms with Gasteiger partial charge in [0.2, 0.25) is 0 Å². The highest BCUT2D eigenvalue weighted by atomic mass is 35.5. The maximum atomic E-state index is 11.6. The molecule has 1 aromatic carbocycles. The number of halogens is 1. The van der Waals surface area contributed by atoms with Crippen LogP contribution in [-0.2, 0) is 4.74 Å². The monoisotopic (exact) mass is 314 g/mol. The van der Waals surface area contributed by atoms with Gasteiger partial charge in [-0.2, -0.15) is 0 Å². The maximum Gasteiger partial charge on any atom is 0.339 e. The third-order valence-corrected chi connectivity index (χ3v) is 3.24. The second-order valence-corrected chi connectivity index (χ2v) is 5.14. The SMILES string of the molecule is CCOC(=O)c1ccc(NC(=S)N[C@H](C)CC)cc1Cl. The van der Waals surface area contributed by atoms with Crippen molar-refractivity contribution in [1.82, 2.24) is 5.32 Å². The van der Waals surface area contributed by atoms with Gasteiger partial charge in [-0.25, -0.2) is 4.79 Å². The van der Waals surface area contributed by atoms with Crippen LogP contribution in [0, 0.1) is 0 Å². The van der Waals surface area contributed by atoms with E-state index in [1.807, 2.05) is 6.92 Å². The van der Waals surface area contributed by atoms with Crippen molar-refractivity contribution in [2.45, 2.75) is 33.2 Å². The fourth-order valence-corrected chi connectivity index (χ4v) is 2.04. The Labute approximate surface area is 129 Å². The smallest absolute Gasteiger partial charge is 0.339 e. The molecule has 0 aliphatic carbocycles. The van der Waals surface area contributed by atoms with Gasteiger partial charge < -0.3 is 15.4 Å². The van der Waals surface area contributed by atoms with Crippen molar-refractivity contribution in [1.29, 1.82) is 0 Å². The quantitative estimate of drug-likeness (QED) is 0.642. The van der Waals surface area contributed by atoms with E-state index in [1.54, 1.807) is 25.1 Å². The molecule has 20 heavy (non-hydrogen) atoms. The zero-order chi connectivity index (χ0) is 15.1. The van der Waals surface area contributed by atoms with E-state index in [4.69, 9.17) is 28.6 Å². The van der Waals surface area contributed by atoms with Crippen LogP contribution < -0.4 is 10.6 Å². The largest absolute Gasteiger partial charge is 0.462 e. The molecule has 0 aromatic heterocycles. The van der Waals surface area contributed by atoms with Gasteiger partial charge >= 0.3 is 5.97 Å². The van der Waals surface area contributed by atoms with Crippen LogP contribution in [0.3, 0.4) is 0 Å². The normalized spacial score (nSPS) is 11.6. The van der Waals surface area contributed by atoms with Crippen LogP contribution in [0.25, 0.3) is 0 Å². The lowest BCUT2D eigenvalue weighted by Gasteiger charge is -2.15. The van der Waals surface area contributed by atoms with E-state index >= 15 is 0 Å². The number of esters is 1. The first kappa shape index (κ1) is 16.7. The lowest BCUT2D eigenvalue weighted by Crippen LogP contribution is -2.35. The first-order chi connectivity index (χ1) is 9.47. The maximum absolute atomic E-state index is 11.6. The molecule has 0 saturated carbocycles. The van der Waals surface area contributed by atoms with Gasteiger partial charge in [0.25, 0.3) is 0 Å². The Hall–Kier alpha value is -1.33. The van der Waals surface area contributed by atoms with Crippen molar-refractivity contribution in [2.24, 2.45) is 0 Å². The third kappa shape index (κ3) is 4.98. The average molecular weight is 315 g/mol.